The van der Waals surface area contributed by atoms with Crippen molar-refractivity contribution in [1.29, 1.82) is 0 Å². The number of Topliss-reactive ketones (excluding diaryl/α,β-unsaturated/α-hetero) is 1. The highest BCUT2D eigenvalue weighted by Crippen LogP contribution is 2.73. The quantitative estimate of drug-likeness (QED) is 0.577. The van der Waals surface area contributed by atoms with E-state index in [1.54, 1.807) is 0 Å². The van der Waals surface area contributed by atoms with Gasteiger partial charge in [0.05, 0.1) is 6.10 Å². The van der Waals surface area contributed by atoms with Crippen molar-refractivity contribution < 1.29 is 9.90 Å². The maximum absolute atomic E-state index is 12.1. The van der Waals surface area contributed by atoms with Crippen LogP contribution in [0.2, 0.25) is 0 Å². The Morgan fingerprint density at radius 3 is 2.70 bits per heavy atom. The molecule has 0 bridgehead atoms. The molecule has 0 aromatic carbocycles. The molecule has 0 radical (unpaired) electrons. The zero-order valence-corrected chi connectivity index (χ0v) is 19.5. The molecule has 1 spiro atoms. The first-order valence-electron chi connectivity index (χ1n) is 13.0. The summed E-state index contributed by atoms with van der Waals surface area (Å²) >= 11 is 0. The number of carbonyl (C=O) groups is 1. The van der Waals surface area contributed by atoms with Crippen molar-refractivity contribution in [3.8, 4) is 0 Å². The van der Waals surface area contributed by atoms with E-state index in [9.17, 15) is 9.90 Å². The molecule has 30 heavy (non-hydrogen) atoms. The van der Waals surface area contributed by atoms with Gasteiger partial charge in [0.1, 0.15) is 5.78 Å². The molecule has 0 aliphatic heterocycles. The number of carbonyl (C=O) groups excluding carboxylic acids is 1. The number of rotatable bonds is 6. The normalized spacial score (nSPS) is 49.8. The summed E-state index contributed by atoms with van der Waals surface area (Å²) in [5.74, 6) is 4.50. The molecule has 0 aromatic heterocycles. The third kappa shape index (κ3) is 3.23. The summed E-state index contributed by atoms with van der Waals surface area (Å²) in [5, 5.41) is 18.5. The van der Waals surface area contributed by atoms with Gasteiger partial charge in [0.15, 0.2) is 0 Å². The minimum Gasteiger partial charge on any atom is -0.393 e. The molecular formula is C26H44N2O2. The topological polar surface area (TPSA) is 61.4 Å². The number of hydrogen-bond acceptors (Lipinski definition) is 4. The number of hydrogen-bond donors (Lipinski definition) is 3. The van der Waals surface area contributed by atoms with Crippen LogP contribution in [0.1, 0.15) is 78.6 Å². The molecule has 0 aromatic rings. The molecule has 9 atom stereocenters. The smallest absolute Gasteiger partial charge is 0.133 e. The summed E-state index contributed by atoms with van der Waals surface area (Å²) in [7, 11) is 0. The number of nitrogens with one attached hydrogen (secondary N) is 2. The molecule has 4 heteroatoms. The van der Waals surface area contributed by atoms with E-state index in [0.29, 0.717) is 40.4 Å². The maximum Gasteiger partial charge on any atom is 0.133 e. The van der Waals surface area contributed by atoms with Crippen molar-refractivity contribution in [3.05, 3.63) is 0 Å². The van der Waals surface area contributed by atoms with E-state index in [1.165, 1.54) is 38.6 Å². The lowest BCUT2D eigenvalue weighted by Crippen LogP contribution is -2.62. The Balaban J connectivity index is 1.24. The van der Waals surface area contributed by atoms with Crippen LogP contribution in [0, 0.1) is 46.3 Å². The van der Waals surface area contributed by atoms with Crippen molar-refractivity contribution in [2.24, 2.45) is 46.3 Å². The summed E-state index contributed by atoms with van der Waals surface area (Å²) in [6, 6.07) is 0.565. The highest BCUT2D eigenvalue weighted by Gasteiger charge is 2.68. The largest absolute Gasteiger partial charge is 0.393 e. The molecule has 3 N–H and O–H groups in total. The number of aliphatic hydroxyl groups is 1. The monoisotopic (exact) mass is 416 g/mol. The van der Waals surface area contributed by atoms with Crippen molar-refractivity contribution in [2.45, 2.75) is 90.7 Å². The van der Waals surface area contributed by atoms with Gasteiger partial charge in [-0.25, -0.2) is 0 Å². The van der Waals surface area contributed by atoms with E-state index in [1.807, 2.05) is 0 Å². The summed E-state index contributed by atoms with van der Waals surface area (Å²) in [4.78, 5) is 12.1. The number of ketones is 1. The fourth-order valence-corrected chi connectivity index (χ4v) is 9.40. The lowest BCUT2D eigenvalue weighted by Gasteiger charge is -2.66. The zero-order valence-electron chi connectivity index (χ0n) is 19.5. The molecule has 5 rings (SSSR count). The van der Waals surface area contributed by atoms with Gasteiger partial charge in [0.25, 0.3) is 0 Å². The first kappa shape index (κ1) is 21.4. The molecule has 5 aliphatic rings. The van der Waals surface area contributed by atoms with Crippen LogP contribution in [0.4, 0.5) is 0 Å². The molecule has 0 amide bonds. The van der Waals surface area contributed by atoms with Gasteiger partial charge in [-0.3, -0.25) is 4.79 Å². The lowest BCUT2D eigenvalue weighted by molar-refractivity contribution is -0.193. The van der Waals surface area contributed by atoms with Crippen LogP contribution in [0.3, 0.4) is 0 Å². The van der Waals surface area contributed by atoms with E-state index in [4.69, 9.17) is 0 Å². The Morgan fingerprint density at radius 1 is 1.10 bits per heavy atom. The van der Waals surface area contributed by atoms with Gasteiger partial charge in [-0.2, -0.15) is 0 Å². The van der Waals surface area contributed by atoms with Gasteiger partial charge in [-0.05, 0) is 97.8 Å². The predicted octanol–water partition coefficient (Wildman–Crippen LogP) is 3.77. The van der Waals surface area contributed by atoms with Crippen LogP contribution in [0.15, 0.2) is 0 Å². The third-order valence-corrected chi connectivity index (χ3v) is 10.8. The highest BCUT2D eigenvalue weighted by molar-refractivity contribution is 5.79. The van der Waals surface area contributed by atoms with E-state index in [0.717, 1.165) is 56.5 Å². The van der Waals surface area contributed by atoms with Gasteiger partial charge in [-0.1, -0.05) is 20.8 Å². The zero-order chi connectivity index (χ0) is 21.1. The average molecular weight is 417 g/mol. The molecule has 170 valence electrons. The minimum atomic E-state index is -0.167. The third-order valence-electron chi connectivity index (χ3n) is 10.8. The molecule has 5 aliphatic carbocycles. The Labute approximate surface area is 183 Å². The number of fused-ring (bicyclic) bond motifs is 4. The van der Waals surface area contributed by atoms with Crippen LogP contribution < -0.4 is 10.6 Å². The molecule has 5 saturated carbocycles. The predicted molar refractivity (Wildman–Crippen MR) is 120 cm³/mol. The average Bonchev–Trinajstić information content (AvgIpc) is 2.98. The lowest BCUT2D eigenvalue weighted by atomic mass is 9.39. The van der Waals surface area contributed by atoms with Gasteiger partial charge < -0.3 is 15.7 Å². The van der Waals surface area contributed by atoms with Crippen LogP contribution in [0.25, 0.3) is 0 Å². The van der Waals surface area contributed by atoms with Crippen LogP contribution in [-0.4, -0.2) is 42.7 Å². The molecule has 3 unspecified atom stereocenters. The fraction of sp³-hybridized carbons (Fsp3) is 0.962. The van der Waals surface area contributed by atoms with Crippen molar-refractivity contribution in [3.63, 3.8) is 0 Å². The Morgan fingerprint density at radius 2 is 1.90 bits per heavy atom. The van der Waals surface area contributed by atoms with Crippen LogP contribution in [-0.2, 0) is 4.79 Å². The summed E-state index contributed by atoms with van der Waals surface area (Å²) in [5.41, 5.74) is 0.837. The second kappa shape index (κ2) is 7.85. The van der Waals surface area contributed by atoms with Gasteiger partial charge in [0, 0.05) is 32.0 Å². The first-order chi connectivity index (χ1) is 14.3. The Kier molecular flexibility index (Phi) is 5.60. The summed E-state index contributed by atoms with van der Waals surface area (Å²) < 4.78 is 0. The first-order valence-corrected chi connectivity index (χ1v) is 13.0. The second-order valence-corrected chi connectivity index (χ2v) is 12.3. The van der Waals surface area contributed by atoms with Gasteiger partial charge in [0.2, 0.25) is 0 Å². The van der Waals surface area contributed by atoms with Crippen molar-refractivity contribution >= 4 is 5.78 Å². The second-order valence-electron chi connectivity index (χ2n) is 12.3. The van der Waals surface area contributed by atoms with E-state index in [2.05, 4.69) is 31.4 Å². The van der Waals surface area contributed by atoms with E-state index >= 15 is 0 Å². The standard InChI is InChI=1S/C26H44N2O2/c1-16(2)28-11-10-27-15-17-14-26-9-7-21-24(22(26)5-4-20(17)26)23(30)13-18-12-19(29)6-8-25(18,21)3/h16-18,20-24,27-28,30H,4-15H2,1-3H3/t17-,18-,20-,21?,22?,23-,24?,25+,26+/m1/s1. The van der Waals surface area contributed by atoms with Crippen molar-refractivity contribution in [1.82, 2.24) is 10.6 Å². The SMILES string of the molecule is CC(C)NCCNC[C@H]1C[C@]23CCC4C(C2CC[C@H]13)[C@H](O)C[C@H]1CC(=O)CC[C@]41C. The fourth-order valence-electron chi connectivity index (χ4n) is 9.40. The van der Waals surface area contributed by atoms with Crippen molar-refractivity contribution in [2.75, 3.05) is 19.6 Å². The molecule has 5 fully saturated rings. The van der Waals surface area contributed by atoms with E-state index in [-0.39, 0.29) is 6.10 Å². The summed E-state index contributed by atoms with van der Waals surface area (Å²) in [6.45, 7) is 10.2. The highest BCUT2D eigenvalue weighted by atomic mass is 16.3. The van der Waals surface area contributed by atoms with Gasteiger partial charge >= 0.3 is 0 Å². The number of aliphatic hydroxyl groups excluding tert-OH is 1. The van der Waals surface area contributed by atoms with E-state index < -0.39 is 0 Å². The maximum atomic E-state index is 12.1. The Bertz CT molecular complexity index is 665. The van der Waals surface area contributed by atoms with Gasteiger partial charge in [-0.15, -0.1) is 0 Å². The molecule has 0 saturated heterocycles. The molecule has 4 nitrogen and oxygen atoms in total. The molecular weight excluding hydrogens is 372 g/mol. The molecule has 0 heterocycles. The Hall–Kier alpha value is -0.450. The van der Waals surface area contributed by atoms with Crippen LogP contribution in [0.5, 0.6) is 0 Å². The van der Waals surface area contributed by atoms with Crippen LogP contribution >= 0.6 is 0 Å². The summed E-state index contributed by atoms with van der Waals surface area (Å²) in [6.07, 6.45) is 10.1. The minimum absolute atomic E-state index is 0.167.